The van der Waals surface area contributed by atoms with Crippen molar-refractivity contribution in [3.05, 3.63) is 48.0 Å². The molecule has 19 heavy (non-hydrogen) atoms. The first kappa shape index (κ1) is 11.6. The van der Waals surface area contributed by atoms with Gasteiger partial charge in [-0.25, -0.2) is 13.8 Å². The number of nitrogens with one attached hydrogen (secondary N) is 1. The second kappa shape index (κ2) is 4.35. The van der Waals surface area contributed by atoms with Crippen molar-refractivity contribution in [1.29, 1.82) is 0 Å². The van der Waals surface area contributed by atoms with Crippen molar-refractivity contribution >= 4 is 11.0 Å². The maximum absolute atomic E-state index is 13.6. The van der Waals surface area contributed by atoms with E-state index in [1.165, 1.54) is 31.4 Å². The molecule has 0 radical (unpaired) electrons. The number of methoxy groups -OCH3 is 1. The van der Waals surface area contributed by atoms with E-state index in [4.69, 9.17) is 4.74 Å². The predicted octanol–water partition coefficient (Wildman–Crippen LogP) is 3.52. The summed E-state index contributed by atoms with van der Waals surface area (Å²) < 4.78 is 31.6. The highest BCUT2D eigenvalue weighted by Gasteiger charge is 2.09. The molecule has 0 aliphatic carbocycles. The summed E-state index contributed by atoms with van der Waals surface area (Å²) in [7, 11) is 1.40. The summed E-state index contributed by atoms with van der Waals surface area (Å²) in [5, 5.41) is 0. The quantitative estimate of drug-likeness (QED) is 0.765. The molecule has 3 rings (SSSR count). The molecule has 2 aromatic carbocycles. The van der Waals surface area contributed by atoms with E-state index in [1.54, 1.807) is 12.1 Å². The number of ether oxygens (including phenoxy) is 1. The molecule has 96 valence electrons. The Bertz CT molecular complexity index is 752. The van der Waals surface area contributed by atoms with Crippen LogP contribution in [0.1, 0.15) is 0 Å². The number of imidazole rings is 1. The highest BCUT2D eigenvalue weighted by molar-refractivity contribution is 5.79. The maximum atomic E-state index is 13.6. The maximum Gasteiger partial charge on any atom is 0.165 e. The summed E-state index contributed by atoms with van der Waals surface area (Å²) in [6.45, 7) is 0. The number of fused-ring (bicyclic) bond motifs is 1. The van der Waals surface area contributed by atoms with Crippen LogP contribution in [-0.2, 0) is 0 Å². The third-order valence-corrected chi connectivity index (χ3v) is 2.87. The fraction of sp³-hybridized carbons (Fsp3) is 0.0714. The zero-order valence-corrected chi connectivity index (χ0v) is 10.1. The molecule has 0 fully saturated rings. The van der Waals surface area contributed by atoms with Gasteiger partial charge in [0.1, 0.15) is 11.6 Å². The number of aromatic nitrogens is 2. The van der Waals surface area contributed by atoms with Gasteiger partial charge < -0.3 is 9.72 Å². The summed E-state index contributed by atoms with van der Waals surface area (Å²) in [6, 6.07) is 8.80. The van der Waals surface area contributed by atoms with Gasteiger partial charge >= 0.3 is 0 Å². The molecule has 0 aliphatic heterocycles. The topological polar surface area (TPSA) is 37.9 Å². The van der Waals surface area contributed by atoms with Gasteiger partial charge in [0.15, 0.2) is 11.6 Å². The second-order valence-corrected chi connectivity index (χ2v) is 4.10. The van der Waals surface area contributed by atoms with Crippen LogP contribution in [0.2, 0.25) is 0 Å². The minimum atomic E-state index is -0.466. The molecule has 0 amide bonds. The summed E-state index contributed by atoms with van der Waals surface area (Å²) in [6.07, 6.45) is 0. The number of benzene rings is 2. The predicted molar refractivity (Wildman–Crippen MR) is 68.0 cm³/mol. The Balaban J connectivity index is 2.11. The average molecular weight is 260 g/mol. The molecule has 1 heterocycles. The van der Waals surface area contributed by atoms with Crippen molar-refractivity contribution in [2.24, 2.45) is 0 Å². The molecular formula is C14H10F2N2O. The Morgan fingerprint density at radius 2 is 1.95 bits per heavy atom. The van der Waals surface area contributed by atoms with Gasteiger partial charge in [0, 0.05) is 5.56 Å². The summed E-state index contributed by atoms with van der Waals surface area (Å²) in [4.78, 5) is 7.25. The van der Waals surface area contributed by atoms with Gasteiger partial charge in [-0.3, -0.25) is 0 Å². The lowest BCUT2D eigenvalue weighted by molar-refractivity contribution is 0.386. The molecule has 0 saturated carbocycles. The zero-order chi connectivity index (χ0) is 13.4. The van der Waals surface area contributed by atoms with Gasteiger partial charge in [-0.05, 0) is 36.4 Å². The molecule has 0 aliphatic rings. The van der Waals surface area contributed by atoms with Crippen molar-refractivity contribution in [2.45, 2.75) is 0 Å². The Morgan fingerprint density at radius 1 is 1.11 bits per heavy atom. The van der Waals surface area contributed by atoms with Crippen molar-refractivity contribution in [2.75, 3.05) is 7.11 Å². The van der Waals surface area contributed by atoms with E-state index in [0.29, 0.717) is 22.4 Å². The van der Waals surface area contributed by atoms with Gasteiger partial charge in [0.2, 0.25) is 0 Å². The number of halogens is 2. The first-order valence-corrected chi connectivity index (χ1v) is 5.66. The van der Waals surface area contributed by atoms with Crippen LogP contribution in [0.25, 0.3) is 22.4 Å². The Morgan fingerprint density at radius 3 is 2.68 bits per heavy atom. The van der Waals surface area contributed by atoms with Crippen molar-refractivity contribution in [1.82, 2.24) is 9.97 Å². The lowest BCUT2D eigenvalue weighted by Crippen LogP contribution is -1.89. The number of H-pyrrole nitrogens is 1. The first-order valence-electron chi connectivity index (χ1n) is 5.66. The van der Waals surface area contributed by atoms with Crippen molar-refractivity contribution < 1.29 is 13.5 Å². The van der Waals surface area contributed by atoms with E-state index >= 15 is 0 Å². The molecule has 0 unspecified atom stereocenters. The van der Waals surface area contributed by atoms with Crippen LogP contribution in [0.3, 0.4) is 0 Å². The highest BCUT2D eigenvalue weighted by Crippen LogP contribution is 2.25. The first-order chi connectivity index (χ1) is 9.17. The standard InChI is InChI=1S/C14H10F2N2O/c1-19-13-5-2-8(6-10(13)16)14-17-11-4-3-9(15)7-12(11)18-14/h2-7H,1H3,(H,17,18). The van der Waals surface area contributed by atoms with Crippen LogP contribution < -0.4 is 4.74 Å². The normalized spacial score (nSPS) is 10.9. The minimum Gasteiger partial charge on any atom is -0.494 e. The molecule has 1 aromatic heterocycles. The fourth-order valence-corrected chi connectivity index (χ4v) is 1.93. The smallest absolute Gasteiger partial charge is 0.165 e. The van der Waals surface area contributed by atoms with E-state index in [9.17, 15) is 8.78 Å². The van der Waals surface area contributed by atoms with E-state index < -0.39 is 5.82 Å². The third kappa shape index (κ3) is 2.03. The number of nitrogens with zero attached hydrogens (tertiary/aromatic N) is 1. The fourth-order valence-electron chi connectivity index (χ4n) is 1.93. The lowest BCUT2D eigenvalue weighted by atomic mass is 10.2. The van der Waals surface area contributed by atoms with Crippen LogP contribution in [-0.4, -0.2) is 17.1 Å². The number of rotatable bonds is 2. The van der Waals surface area contributed by atoms with Gasteiger partial charge in [-0.1, -0.05) is 0 Å². The van der Waals surface area contributed by atoms with Gasteiger partial charge in [0.25, 0.3) is 0 Å². The summed E-state index contributed by atoms with van der Waals surface area (Å²) in [5.41, 5.74) is 1.79. The number of hydrogen-bond acceptors (Lipinski definition) is 2. The lowest BCUT2D eigenvalue weighted by Gasteiger charge is -2.02. The molecule has 0 atom stereocenters. The van der Waals surface area contributed by atoms with E-state index in [-0.39, 0.29) is 11.6 Å². The van der Waals surface area contributed by atoms with Crippen molar-refractivity contribution in [3.8, 4) is 17.1 Å². The molecule has 3 nitrogen and oxygen atoms in total. The second-order valence-electron chi connectivity index (χ2n) is 4.10. The Kier molecular flexibility index (Phi) is 2.67. The van der Waals surface area contributed by atoms with Gasteiger partial charge in [0.05, 0.1) is 18.1 Å². The van der Waals surface area contributed by atoms with Crippen LogP contribution in [0.4, 0.5) is 8.78 Å². The summed E-state index contributed by atoms with van der Waals surface area (Å²) in [5.74, 6) is -0.150. The molecule has 5 heteroatoms. The molecule has 1 N–H and O–H groups in total. The minimum absolute atomic E-state index is 0.172. The van der Waals surface area contributed by atoms with Gasteiger partial charge in [-0.2, -0.15) is 0 Å². The van der Waals surface area contributed by atoms with E-state index in [1.807, 2.05) is 0 Å². The van der Waals surface area contributed by atoms with E-state index in [2.05, 4.69) is 9.97 Å². The third-order valence-electron chi connectivity index (χ3n) is 2.87. The monoisotopic (exact) mass is 260 g/mol. The SMILES string of the molecule is COc1ccc(-c2nc3ccc(F)cc3[nH]2)cc1F. The van der Waals surface area contributed by atoms with Crippen molar-refractivity contribution in [3.63, 3.8) is 0 Å². The summed E-state index contributed by atoms with van der Waals surface area (Å²) >= 11 is 0. The van der Waals surface area contributed by atoms with Crippen LogP contribution >= 0.6 is 0 Å². The molecule has 0 spiro atoms. The molecule has 0 bridgehead atoms. The number of aromatic amines is 1. The average Bonchev–Trinajstić information content (AvgIpc) is 2.81. The zero-order valence-electron chi connectivity index (χ0n) is 10.1. The van der Waals surface area contributed by atoms with Crippen LogP contribution in [0, 0.1) is 11.6 Å². The van der Waals surface area contributed by atoms with Crippen LogP contribution in [0.5, 0.6) is 5.75 Å². The molecule has 0 saturated heterocycles. The Labute approximate surface area is 107 Å². The molecular weight excluding hydrogens is 250 g/mol. The molecule has 3 aromatic rings. The largest absolute Gasteiger partial charge is 0.494 e. The van der Waals surface area contributed by atoms with Gasteiger partial charge in [-0.15, -0.1) is 0 Å². The number of hydrogen-bond donors (Lipinski definition) is 1. The van der Waals surface area contributed by atoms with E-state index in [0.717, 1.165) is 0 Å². The Hall–Kier alpha value is -2.43. The van der Waals surface area contributed by atoms with Crippen LogP contribution in [0.15, 0.2) is 36.4 Å². The highest BCUT2D eigenvalue weighted by atomic mass is 19.1.